The summed E-state index contributed by atoms with van der Waals surface area (Å²) in [5.41, 5.74) is 16.4. The largest absolute Gasteiger partial charge is 0.399 e. The SMILES string of the molecule is C[C@@H](N)c1cc(N)cc(-c2cncs2)c1.Cl. The maximum atomic E-state index is 5.84. The van der Waals surface area contributed by atoms with E-state index in [0.717, 1.165) is 21.7 Å². The summed E-state index contributed by atoms with van der Waals surface area (Å²) in [5, 5.41) is 0. The molecule has 1 aromatic heterocycles. The van der Waals surface area contributed by atoms with Crippen LogP contribution in [-0.2, 0) is 0 Å². The molecule has 1 heterocycles. The molecule has 3 nitrogen and oxygen atoms in total. The Balaban J connectivity index is 0.00000128. The minimum atomic E-state index is 0. The van der Waals surface area contributed by atoms with Gasteiger partial charge in [-0.05, 0) is 36.2 Å². The van der Waals surface area contributed by atoms with Gasteiger partial charge in [-0.25, -0.2) is 0 Å². The summed E-state index contributed by atoms with van der Waals surface area (Å²) in [6.07, 6.45) is 1.84. The van der Waals surface area contributed by atoms with Gasteiger partial charge in [-0.3, -0.25) is 4.98 Å². The van der Waals surface area contributed by atoms with Crippen LogP contribution in [0.1, 0.15) is 18.5 Å². The number of nitrogens with two attached hydrogens (primary N) is 2. The summed E-state index contributed by atoms with van der Waals surface area (Å²) in [4.78, 5) is 5.16. The van der Waals surface area contributed by atoms with Gasteiger partial charge in [0.25, 0.3) is 0 Å². The predicted molar refractivity (Wildman–Crippen MR) is 71.8 cm³/mol. The van der Waals surface area contributed by atoms with E-state index in [-0.39, 0.29) is 18.4 Å². The number of nitrogen functional groups attached to an aromatic ring is 1. The fourth-order valence-electron chi connectivity index (χ4n) is 1.44. The maximum Gasteiger partial charge on any atom is 0.0797 e. The quantitative estimate of drug-likeness (QED) is 0.811. The van der Waals surface area contributed by atoms with Crippen LogP contribution in [0.25, 0.3) is 10.4 Å². The zero-order chi connectivity index (χ0) is 10.8. The molecule has 5 heteroatoms. The first-order valence-corrected chi connectivity index (χ1v) is 5.59. The molecule has 0 aliphatic carbocycles. The lowest BCUT2D eigenvalue weighted by atomic mass is 10.0. The van der Waals surface area contributed by atoms with E-state index in [1.165, 1.54) is 0 Å². The van der Waals surface area contributed by atoms with Gasteiger partial charge in [-0.2, -0.15) is 0 Å². The number of nitrogens with zero attached hydrogens (tertiary/aromatic N) is 1. The molecule has 0 spiro atoms. The van der Waals surface area contributed by atoms with Gasteiger partial charge >= 0.3 is 0 Å². The van der Waals surface area contributed by atoms with Crippen molar-refractivity contribution < 1.29 is 0 Å². The highest BCUT2D eigenvalue weighted by atomic mass is 35.5. The van der Waals surface area contributed by atoms with E-state index < -0.39 is 0 Å². The first-order valence-electron chi connectivity index (χ1n) is 4.71. The Morgan fingerprint density at radius 3 is 2.62 bits per heavy atom. The van der Waals surface area contributed by atoms with Crippen LogP contribution >= 0.6 is 23.7 Å². The number of thiazole rings is 1. The highest BCUT2D eigenvalue weighted by Gasteiger charge is 2.05. The molecule has 0 radical (unpaired) electrons. The van der Waals surface area contributed by atoms with E-state index in [9.17, 15) is 0 Å². The van der Waals surface area contributed by atoms with Crippen molar-refractivity contribution in [1.82, 2.24) is 4.98 Å². The zero-order valence-corrected chi connectivity index (χ0v) is 10.5. The van der Waals surface area contributed by atoms with Crippen LogP contribution in [0.15, 0.2) is 29.9 Å². The lowest BCUT2D eigenvalue weighted by Crippen LogP contribution is -2.05. The Morgan fingerprint density at radius 2 is 2.06 bits per heavy atom. The van der Waals surface area contributed by atoms with Crippen LogP contribution in [-0.4, -0.2) is 4.98 Å². The van der Waals surface area contributed by atoms with Gasteiger partial charge in [-0.1, -0.05) is 0 Å². The predicted octanol–water partition coefficient (Wildman–Crippen LogP) is 2.83. The molecule has 2 rings (SSSR count). The van der Waals surface area contributed by atoms with Gasteiger partial charge < -0.3 is 11.5 Å². The first-order chi connectivity index (χ1) is 7.16. The molecule has 1 aromatic carbocycles. The van der Waals surface area contributed by atoms with Gasteiger partial charge in [0.2, 0.25) is 0 Å². The number of hydrogen-bond donors (Lipinski definition) is 2. The van der Waals surface area contributed by atoms with Crippen molar-refractivity contribution in [2.75, 3.05) is 5.73 Å². The van der Waals surface area contributed by atoms with Gasteiger partial charge in [-0.15, -0.1) is 23.7 Å². The highest BCUT2D eigenvalue weighted by Crippen LogP contribution is 2.28. The fourth-order valence-corrected chi connectivity index (χ4v) is 2.05. The molecular weight excluding hydrogens is 242 g/mol. The van der Waals surface area contributed by atoms with Crippen LogP contribution in [0.3, 0.4) is 0 Å². The Labute approximate surface area is 105 Å². The molecule has 0 unspecified atom stereocenters. The smallest absolute Gasteiger partial charge is 0.0797 e. The standard InChI is InChI=1S/C11H13N3S.ClH/c1-7(12)8-2-9(4-10(13)3-8)11-5-14-6-15-11;/h2-7H,12-13H2,1H3;1H/t7-;/m1./s1. The average Bonchev–Trinajstić information content (AvgIpc) is 2.69. The second-order valence-electron chi connectivity index (χ2n) is 3.54. The van der Waals surface area contributed by atoms with E-state index >= 15 is 0 Å². The third-order valence-corrected chi connectivity index (χ3v) is 3.04. The van der Waals surface area contributed by atoms with E-state index in [0.29, 0.717) is 0 Å². The molecule has 4 N–H and O–H groups in total. The lowest BCUT2D eigenvalue weighted by molar-refractivity contribution is 0.819. The van der Waals surface area contributed by atoms with Crippen molar-refractivity contribution in [3.63, 3.8) is 0 Å². The van der Waals surface area contributed by atoms with Crippen molar-refractivity contribution in [2.24, 2.45) is 5.73 Å². The highest BCUT2D eigenvalue weighted by molar-refractivity contribution is 7.13. The number of rotatable bonds is 2. The van der Waals surface area contributed by atoms with E-state index in [1.54, 1.807) is 11.3 Å². The van der Waals surface area contributed by atoms with Gasteiger partial charge in [0.05, 0.1) is 10.4 Å². The molecule has 0 amide bonds. The first kappa shape index (κ1) is 13.0. The second-order valence-corrected chi connectivity index (χ2v) is 4.43. The Hall–Kier alpha value is -1.10. The lowest BCUT2D eigenvalue weighted by Gasteiger charge is -2.08. The Morgan fingerprint density at radius 1 is 1.31 bits per heavy atom. The summed E-state index contributed by atoms with van der Waals surface area (Å²) in [7, 11) is 0. The van der Waals surface area contributed by atoms with E-state index in [1.807, 2.05) is 30.8 Å². The molecule has 0 bridgehead atoms. The topological polar surface area (TPSA) is 64.9 Å². The molecular formula is C11H14ClN3S. The zero-order valence-electron chi connectivity index (χ0n) is 8.88. The summed E-state index contributed by atoms with van der Waals surface area (Å²) in [6.45, 7) is 1.95. The van der Waals surface area contributed by atoms with Crippen LogP contribution in [0, 0.1) is 0 Å². The van der Waals surface area contributed by atoms with Crippen molar-refractivity contribution in [1.29, 1.82) is 0 Å². The summed E-state index contributed by atoms with van der Waals surface area (Å²) in [5.74, 6) is 0. The summed E-state index contributed by atoms with van der Waals surface area (Å²) in [6, 6.07) is 5.92. The minimum Gasteiger partial charge on any atom is -0.399 e. The molecule has 0 saturated heterocycles. The van der Waals surface area contributed by atoms with Gasteiger partial charge in [0.15, 0.2) is 0 Å². The molecule has 0 aliphatic heterocycles. The van der Waals surface area contributed by atoms with E-state index in [2.05, 4.69) is 11.1 Å². The monoisotopic (exact) mass is 255 g/mol. The average molecular weight is 256 g/mol. The molecule has 86 valence electrons. The Kier molecular flexibility index (Phi) is 4.29. The van der Waals surface area contributed by atoms with Crippen LogP contribution in [0.4, 0.5) is 5.69 Å². The maximum absolute atomic E-state index is 5.84. The van der Waals surface area contributed by atoms with Crippen molar-refractivity contribution in [3.8, 4) is 10.4 Å². The van der Waals surface area contributed by atoms with Crippen molar-refractivity contribution in [3.05, 3.63) is 35.5 Å². The molecule has 1 atom stereocenters. The third-order valence-electron chi connectivity index (χ3n) is 2.22. The summed E-state index contributed by atoms with van der Waals surface area (Å²) < 4.78 is 0. The van der Waals surface area contributed by atoms with Gasteiger partial charge in [0, 0.05) is 17.9 Å². The van der Waals surface area contributed by atoms with Crippen LogP contribution in [0.5, 0.6) is 0 Å². The number of benzene rings is 1. The van der Waals surface area contributed by atoms with Crippen LogP contribution in [0.2, 0.25) is 0 Å². The molecule has 0 aliphatic rings. The number of anilines is 1. The summed E-state index contributed by atoms with van der Waals surface area (Å²) >= 11 is 1.60. The van der Waals surface area contributed by atoms with Crippen molar-refractivity contribution in [2.45, 2.75) is 13.0 Å². The number of halogens is 1. The fraction of sp³-hybridized carbons (Fsp3) is 0.182. The molecule has 0 fully saturated rings. The minimum absolute atomic E-state index is 0. The second kappa shape index (κ2) is 5.30. The normalized spacial score (nSPS) is 11.9. The van der Waals surface area contributed by atoms with Gasteiger partial charge in [0.1, 0.15) is 0 Å². The molecule has 16 heavy (non-hydrogen) atoms. The third kappa shape index (κ3) is 2.72. The van der Waals surface area contributed by atoms with Crippen LogP contribution < -0.4 is 11.5 Å². The number of aromatic nitrogens is 1. The molecule has 2 aromatic rings. The Bertz CT molecular complexity index is 454. The van der Waals surface area contributed by atoms with Crippen molar-refractivity contribution >= 4 is 29.4 Å². The molecule has 0 saturated carbocycles. The van der Waals surface area contributed by atoms with E-state index in [4.69, 9.17) is 11.5 Å². The number of hydrogen-bond acceptors (Lipinski definition) is 4.